The zero-order chi connectivity index (χ0) is 11.7. The maximum Gasteiger partial charge on any atom is 0.131 e. The van der Waals surface area contributed by atoms with Gasteiger partial charge >= 0.3 is 0 Å². The zero-order valence-corrected chi connectivity index (χ0v) is 11.0. The maximum absolute atomic E-state index is 10.9. The molecule has 1 rings (SSSR count). The van der Waals surface area contributed by atoms with E-state index in [-0.39, 0.29) is 11.8 Å². The summed E-state index contributed by atoms with van der Waals surface area (Å²) >= 11 is 2.94. The molecular weight excluding hydrogens is 254 g/mol. The highest BCUT2D eigenvalue weighted by Crippen LogP contribution is 2.15. The number of rotatable bonds is 4. The molecule has 0 aliphatic rings. The van der Waals surface area contributed by atoms with Crippen LogP contribution in [0.3, 0.4) is 0 Å². The molecule has 0 fully saturated rings. The fraction of sp³-hybridized carbons (Fsp3) is 0.417. The van der Waals surface area contributed by atoms with E-state index in [1.807, 2.05) is 43.2 Å². The summed E-state index contributed by atoms with van der Waals surface area (Å²) in [5.74, 6) is 2.02. The lowest BCUT2D eigenvalue weighted by molar-refractivity contribution is -0.117. The van der Waals surface area contributed by atoms with Crippen molar-refractivity contribution in [3.8, 4) is 0 Å². The first-order valence-electron chi connectivity index (χ1n) is 4.83. The van der Waals surface area contributed by atoms with Gasteiger partial charge in [-0.2, -0.15) is 0 Å². The molecule has 0 saturated carbocycles. The molecule has 0 bridgehead atoms. The van der Waals surface area contributed by atoms with Crippen molar-refractivity contribution >= 4 is 21.7 Å². The largest absolute Gasteiger partial charge is 0.313 e. The third kappa shape index (κ3) is 5.70. The van der Waals surface area contributed by atoms with Crippen molar-refractivity contribution in [1.82, 2.24) is 5.32 Å². The number of hydrogen-bond acceptors (Lipinski definition) is 2. The number of benzene rings is 1. The molecule has 1 N–H and O–H groups in total. The van der Waals surface area contributed by atoms with Gasteiger partial charge in [-0.3, -0.25) is 4.79 Å². The Kier molecular flexibility index (Phi) is 8.24. The van der Waals surface area contributed by atoms with Crippen molar-refractivity contribution in [3.63, 3.8) is 0 Å². The highest BCUT2D eigenvalue weighted by molar-refractivity contribution is 9.08. The summed E-state index contributed by atoms with van der Waals surface area (Å²) in [6.45, 7) is 1.62. The summed E-state index contributed by atoms with van der Waals surface area (Å²) in [5, 5.41) is 3.13. The Labute approximate surface area is 100 Å². The normalized spacial score (nSPS) is 11.2. The average molecular weight is 272 g/mol. The lowest BCUT2D eigenvalue weighted by Gasteiger charge is -2.14. The number of halogens is 1. The quantitative estimate of drug-likeness (QED) is 0.854. The third-order valence-corrected chi connectivity index (χ3v) is 2.04. The minimum Gasteiger partial charge on any atom is -0.313 e. The first-order valence-corrected chi connectivity index (χ1v) is 6.42. The lowest BCUT2D eigenvalue weighted by Crippen LogP contribution is -2.18. The molecule has 3 heteroatoms. The van der Waals surface area contributed by atoms with Gasteiger partial charge in [-0.15, -0.1) is 0 Å². The van der Waals surface area contributed by atoms with Crippen LogP contribution in [0.5, 0.6) is 0 Å². The monoisotopic (exact) mass is 271 g/mol. The van der Waals surface area contributed by atoms with Crippen LogP contribution in [0.4, 0.5) is 0 Å². The molecule has 1 atom stereocenters. The number of hydrogen-bond donors (Lipinski definition) is 1. The van der Waals surface area contributed by atoms with Gasteiger partial charge in [-0.25, -0.2) is 0 Å². The van der Waals surface area contributed by atoms with E-state index in [9.17, 15) is 4.79 Å². The van der Waals surface area contributed by atoms with E-state index in [4.69, 9.17) is 0 Å². The molecule has 0 saturated heterocycles. The number of carbonyl (C=O) groups excluding carboxylic acids is 1. The number of ketones is 1. The Morgan fingerprint density at radius 3 is 2.27 bits per heavy atom. The predicted octanol–water partition coefficient (Wildman–Crippen LogP) is 2.94. The summed E-state index contributed by atoms with van der Waals surface area (Å²) in [7, 11) is 1.88. The molecule has 0 spiro atoms. The minimum atomic E-state index is 0.152. The Balaban J connectivity index is 0.000000921. The molecule has 1 aromatic rings. The third-order valence-electron chi connectivity index (χ3n) is 2.04. The van der Waals surface area contributed by atoms with E-state index in [1.165, 1.54) is 5.56 Å². The van der Waals surface area contributed by atoms with Crippen molar-refractivity contribution in [2.45, 2.75) is 19.4 Å². The van der Waals surface area contributed by atoms with E-state index in [0.29, 0.717) is 6.42 Å². The van der Waals surface area contributed by atoms with Gasteiger partial charge in [0.1, 0.15) is 5.78 Å². The van der Waals surface area contributed by atoms with Crippen molar-refractivity contribution < 1.29 is 4.79 Å². The Morgan fingerprint density at radius 1 is 1.33 bits per heavy atom. The summed E-state index contributed by atoms with van der Waals surface area (Å²) in [6.07, 6.45) is 0.556. The fourth-order valence-electron chi connectivity index (χ4n) is 1.36. The van der Waals surface area contributed by atoms with Crippen molar-refractivity contribution in [3.05, 3.63) is 35.9 Å². The fourth-order valence-corrected chi connectivity index (χ4v) is 1.36. The van der Waals surface area contributed by atoms with Gasteiger partial charge in [0, 0.05) is 12.5 Å². The zero-order valence-electron chi connectivity index (χ0n) is 9.46. The number of carbonyl (C=O) groups is 1. The molecule has 0 aromatic heterocycles. The van der Waals surface area contributed by atoms with Crippen molar-refractivity contribution in [2.75, 3.05) is 12.9 Å². The first-order chi connectivity index (χ1) is 7.24. The van der Waals surface area contributed by atoms with Crippen LogP contribution in [0.15, 0.2) is 30.3 Å². The standard InChI is InChI=1S/C11H15NO.CH3Br/c1-9(13)8-11(12-2)10-6-4-3-5-7-10;1-2/h3-7,11-12H,8H2,1-2H3;1H3. The number of alkyl halides is 1. The first kappa shape index (κ1) is 14.3. The second-order valence-corrected chi connectivity index (χ2v) is 3.16. The molecule has 2 nitrogen and oxygen atoms in total. The predicted molar refractivity (Wildman–Crippen MR) is 68.4 cm³/mol. The molecular formula is C12H18BrNO. The SMILES string of the molecule is CBr.CNC(CC(C)=O)c1ccccc1. The molecule has 0 radical (unpaired) electrons. The van der Waals surface area contributed by atoms with Crippen LogP contribution in [-0.2, 0) is 4.79 Å². The Bertz CT molecular complexity index is 274. The van der Waals surface area contributed by atoms with E-state index < -0.39 is 0 Å². The molecule has 0 amide bonds. The van der Waals surface area contributed by atoms with Crippen LogP contribution >= 0.6 is 15.9 Å². The summed E-state index contributed by atoms with van der Waals surface area (Å²) in [5.41, 5.74) is 1.17. The Morgan fingerprint density at radius 2 is 1.87 bits per heavy atom. The summed E-state index contributed by atoms with van der Waals surface area (Å²) in [4.78, 5) is 10.9. The molecule has 1 unspecified atom stereocenters. The smallest absolute Gasteiger partial charge is 0.131 e. The van der Waals surface area contributed by atoms with Crippen molar-refractivity contribution in [1.29, 1.82) is 0 Å². The molecule has 0 heterocycles. The van der Waals surface area contributed by atoms with E-state index >= 15 is 0 Å². The van der Waals surface area contributed by atoms with E-state index in [2.05, 4.69) is 21.2 Å². The molecule has 0 aliphatic heterocycles. The topological polar surface area (TPSA) is 29.1 Å². The van der Waals surface area contributed by atoms with Gasteiger partial charge in [0.25, 0.3) is 0 Å². The van der Waals surface area contributed by atoms with Gasteiger partial charge in [0.2, 0.25) is 0 Å². The minimum absolute atomic E-state index is 0.152. The van der Waals surface area contributed by atoms with Crippen LogP contribution in [-0.4, -0.2) is 18.7 Å². The second kappa shape index (κ2) is 8.62. The lowest BCUT2D eigenvalue weighted by atomic mass is 10.0. The van der Waals surface area contributed by atoms with Gasteiger partial charge in [-0.05, 0) is 25.4 Å². The van der Waals surface area contributed by atoms with Gasteiger partial charge in [-0.1, -0.05) is 46.3 Å². The number of nitrogens with one attached hydrogen (secondary N) is 1. The van der Waals surface area contributed by atoms with Crippen LogP contribution in [0, 0.1) is 0 Å². The second-order valence-electron chi connectivity index (χ2n) is 3.16. The van der Waals surface area contributed by atoms with Crippen LogP contribution < -0.4 is 5.32 Å². The van der Waals surface area contributed by atoms with Crippen LogP contribution in [0.2, 0.25) is 0 Å². The van der Waals surface area contributed by atoms with Crippen LogP contribution in [0.25, 0.3) is 0 Å². The number of Topliss-reactive ketones (excluding diaryl/α,β-unsaturated/α-hetero) is 1. The Hall–Kier alpha value is -0.670. The van der Waals surface area contributed by atoms with Gasteiger partial charge in [0.15, 0.2) is 0 Å². The molecule has 0 aliphatic carbocycles. The highest BCUT2D eigenvalue weighted by Gasteiger charge is 2.09. The molecule has 84 valence electrons. The highest BCUT2D eigenvalue weighted by atomic mass is 79.9. The molecule has 1 aromatic carbocycles. The van der Waals surface area contributed by atoms with E-state index in [1.54, 1.807) is 6.92 Å². The maximum atomic E-state index is 10.9. The summed E-state index contributed by atoms with van der Waals surface area (Å²) in [6, 6.07) is 10.2. The van der Waals surface area contributed by atoms with Crippen molar-refractivity contribution in [2.24, 2.45) is 0 Å². The van der Waals surface area contributed by atoms with Gasteiger partial charge in [0.05, 0.1) is 0 Å². The molecule has 15 heavy (non-hydrogen) atoms. The summed E-state index contributed by atoms with van der Waals surface area (Å²) < 4.78 is 0. The van der Waals surface area contributed by atoms with E-state index in [0.717, 1.165) is 0 Å². The van der Waals surface area contributed by atoms with Gasteiger partial charge < -0.3 is 5.32 Å². The average Bonchev–Trinajstić information content (AvgIpc) is 2.29. The van der Waals surface area contributed by atoms with Crippen LogP contribution in [0.1, 0.15) is 24.9 Å².